The van der Waals surface area contributed by atoms with E-state index in [-0.39, 0.29) is 6.04 Å². The number of aryl methyl sites for hydroxylation is 1. The topological polar surface area (TPSA) is 50.3 Å². The average Bonchev–Trinajstić information content (AvgIpc) is 3.34. The molecule has 4 rings (SSSR count). The molecule has 1 aliphatic heterocycles. The minimum Gasteiger partial charge on any atom is -0.329 e. The van der Waals surface area contributed by atoms with Crippen molar-refractivity contribution in [3.05, 3.63) is 41.7 Å². The summed E-state index contributed by atoms with van der Waals surface area (Å²) in [5, 5.41) is 0. The number of rotatable bonds is 5. The second-order valence-corrected chi connectivity index (χ2v) is 8.09. The molecule has 5 nitrogen and oxygen atoms in total. The Labute approximate surface area is 163 Å². The second kappa shape index (κ2) is 8.13. The predicted octanol–water partition coefficient (Wildman–Crippen LogP) is 2.96. The summed E-state index contributed by atoms with van der Waals surface area (Å²) in [6.07, 6.45) is 5.60. The summed E-state index contributed by atoms with van der Waals surface area (Å²) in [6.45, 7) is 7.30. The number of benzene rings is 1. The van der Waals surface area contributed by atoms with Crippen LogP contribution in [0.25, 0.3) is 11.4 Å². The molecule has 1 saturated heterocycles. The zero-order chi connectivity index (χ0) is 18.8. The third-order valence-electron chi connectivity index (χ3n) is 6.52. The molecule has 5 heteroatoms. The van der Waals surface area contributed by atoms with E-state index in [1.807, 2.05) is 6.07 Å². The van der Waals surface area contributed by atoms with Gasteiger partial charge in [0, 0.05) is 51.4 Å². The van der Waals surface area contributed by atoms with Gasteiger partial charge in [0.1, 0.15) is 5.82 Å². The molecule has 1 unspecified atom stereocenters. The molecular weight excluding hydrogens is 334 g/mol. The molecule has 2 N–H and O–H groups in total. The number of aromatic nitrogens is 2. The summed E-state index contributed by atoms with van der Waals surface area (Å²) in [5.41, 5.74) is 9.82. The lowest BCUT2D eigenvalue weighted by Gasteiger charge is -2.41. The van der Waals surface area contributed by atoms with Gasteiger partial charge in [0.15, 0.2) is 0 Å². The highest BCUT2D eigenvalue weighted by Gasteiger charge is 2.31. The van der Waals surface area contributed by atoms with E-state index in [2.05, 4.69) is 52.6 Å². The van der Waals surface area contributed by atoms with Crippen LogP contribution in [0.1, 0.15) is 43.1 Å². The van der Waals surface area contributed by atoms with Gasteiger partial charge in [-0.3, -0.25) is 9.80 Å². The number of imidazole rings is 1. The Balaban J connectivity index is 1.52. The highest BCUT2D eigenvalue weighted by Crippen LogP contribution is 2.30. The second-order valence-electron chi connectivity index (χ2n) is 8.09. The van der Waals surface area contributed by atoms with Gasteiger partial charge in [-0.2, -0.15) is 0 Å². The van der Waals surface area contributed by atoms with E-state index in [9.17, 15) is 0 Å². The predicted molar refractivity (Wildman–Crippen MR) is 111 cm³/mol. The SMILES string of the molecule is Cc1nc(-c2ccccc2)n(C)c1C(CN)N1CCN(C2CCCC2)CC1. The van der Waals surface area contributed by atoms with Crippen LogP contribution < -0.4 is 5.73 Å². The van der Waals surface area contributed by atoms with E-state index >= 15 is 0 Å². The third-order valence-corrected chi connectivity index (χ3v) is 6.52. The Hall–Kier alpha value is -1.69. The fraction of sp³-hybridized carbons (Fsp3) is 0.591. The van der Waals surface area contributed by atoms with Crippen LogP contribution >= 0.6 is 0 Å². The van der Waals surface area contributed by atoms with Crippen LogP contribution in [-0.2, 0) is 7.05 Å². The van der Waals surface area contributed by atoms with Crippen LogP contribution in [0.5, 0.6) is 0 Å². The molecule has 1 saturated carbocycles. The van der Waals surface area contributed by atoms with Crippen molar-refractivity contribution in [3.63, 3.8) is 0 Å². The summed E-state index contributed by atoms with van der Waals surface area (Å²) in [4.78, 5) is 10.2. The molecule has 1 atom stereocenters. The molecule has 2 aliphatic rings. The molecule has 1 aromatic carbocycles. The van der Waals surface area contributed by atoms with E-state index < -0.39 is 0 Å². The smallest absolute Gasteiger partial charge is 0.140 e. The summed E-state index contributed by atoms with van der Waals surface area (Å²) < 4.78 is 2.26. The van der Waals surface area contributed by atoms with Crippen LogP contribution in [0.4, 0.5) is 0 Å². The van der Waals surface area contributed by atoms with Gasteiger partial charge in [-0.25, -0.2) is 4.98 Å². The first-order valence-electron chi connectivity index (χ1n) is 10.5. The first kappa shape index (κ1) is 18.7. The van der Waals surface area contributed by atoms with Crippen LogP contribution in [-0.4, -0.2) is 58.1 Å². The van der Waals surface area contributed by atoms with E-state index in [0.29, 0.717) is 6.54 Å². The van der Waals surface area contributed by atoms with Crippen molar-refractivity contribution < 1.29 is 0 Å². The molecule has 146 valence electrons. The number of hydrogen-bond donors (Lipinski definition) is 1. The lowest BCUT2D eigenvalue weighted by molar-refractivity contribution is 0.0700. The van der Waals surface area contributed by atoms with Gasteiger partial charge >= 0.3 is 0 Å². The molecule has 27 heavy (non-hydrogen) atoms. The highest BCUT2D eigenvalue weighted by atomic mass is 15.3. The molecule has 1 aromatic heterocycles. The van der Waals surface area contributed by atoms with Crippen molar-refractivity contribution in [2.24, 2.45) is 12.8 Å². The summed E-state index contributed by atoms with van der Waals surface area (Å²) in [5.74, 6) is 1.03. The molecule has 2 heterocycles. The lowest BCUT2D eigenvalue weighted by Crippen LogP contribution is -2.51. The van der Waals surface area contributed by atoms with Gasteiger partial charge in [0.2, 0.25) is 0 Å². The molecular formula is C22H33N5. The van der Waals surface area contributed by atoms with Crippen molar-refractivity contribution in [1.82, 2.24) is 19.4 Å². The van der Waals surface area contributed by atoms with Gasteiger partial charge in [0.05, 0.1) is 17.4 Å². The molecule has 2 fully saturated rings. The van der Waals surface area contributed by atoms with Crippen molar-refractivity contribution in [2.45, 2.75) is 44.7 Å². The normalized spacial score (nSPS) is 21.0. The quantitative estimate of drug-likeness (QED) is 0.883. The average molecular weight is 368 g/mol. The molecule has 0 radical (unpaired) electrons. The minimum atomic E-state index is 0.241. The Morgan fingerprint density at radius 3 is 2.37 bits per heavy atom. The third kappa shape index (κ3) is 3.68. The fourth-order valence-corrected chi connectivity index (χ4v) is 5.08. The van der Waals surface area contributed by atoms with Crippen LogP contribution in [0, 0.1) is 6.92 Å². The van der Waals surface area contributed by atoms with Crippen LogP contribution in [0.2, 0.25) is 0 Å². The molecule has 2 aromatic rings. The van der Waals surface area contributed by atoms with Crippen molar-refractivity contribution in [1.29, 1.82) is 0 Å². The van der Waals surface area contributed by atoms with Crippen molar-refractivity contribution >= 4 is 0 Å². The Bertz CT molecular complexity index is 740. The number of piperazine rings is 1. The minimum absolute atomic E-state index is 0.241. The summed E-state index contributed by atoms with van der Waals surface area (Å²) >= 11 is 0. The fourth-order valence-electron chi connectivity index (χ4n) is 5.08. The van der Waals surface area contributed by atoms with Crippen LogP contribution in [0.3, 0.4) is 0 Å². The molecule has 0 bridgehead atoms. The molecule has 0 amide bonds. The van der Waals surface area contributed by atoms with Crippen molar-refractivity contribution in [3.8, 4) is 11.4 Å². The Kier molecular flexibility index (Phi) is 5.62. The van der Waals surface area contributed by atoms with E-state index in [0.717, 1.165) is 36.2 Å². The number of hydrogen-bond acceptors (Lipinski definition) is 4. The largest absolute Gasteiger partial charge is 0.329 e. The monoisotopic (exact) mass is 367 g/mol. The Morgan fingerprint density at radius 2 is 1.74 bits per heavy atom. The van der Waals surface area contributed by atoms with Gasteiger partial charge in [-0.05, 0) is 19.8 Å². The first-order chi connectivity index (χ1) is 13.2. The highest BCUT2D eigenvalue weighted by molar-refractivity contribution is 5.57. The van der Waals surface area contributed by atoms with E-state index in [4.69, 9.17) is 10.7 Å². The van der Waals surface area contributed by atoms with Gasteiger partial charge in [-0.1, -0.05) is 43.2 Å². The number of nitrogens with two attached hydrogens (primary N) is 1. The Morgan fingerprint density at radius 1 is 1.07 bits per heavy atom. The van der Waals surface area contributed by atoms with Gasteiger partial charge < -0.3 is 10.3 Å². The maximum absolute atomic E-state index is 6.28. The number of nitrogens with zero attached hydrogens (tertiary/aromatic N) is 4. The lowest BCUT2D eigenvalue weighted by atomic mass is 10.1. The summed E-state index contributed by atoms with van der Waals surface area (Å²) in [7, 11) is 2.13. The maximum atomic E-state index is 6.28. The molecule has 1 aliphatic carbocycles. The first-order valence-corrected chi connectivity index (χ1v) is 10.5. The standard InChI is InChI=1S/C22H33N5/c1-17-21(25(2)22(24-17)18-8-4-3-5-9-18)20(16-23)27-14-12-26(13-15-27)19-10-6-7-11-19/h3-5,8-9,19-20H,6-7,10-16,23H2,1-2H3. The van der Waals surface area contributed by atoms with E-state index in [1.54, 1.807) is 0 Å². The van der Waals surface area contributed by atoms with E-state index in [1.165, 1.54) is 44.5 Å². The van der Waals surface area contributed by atoms with Crippen LogP contribution in [0.15, 0.2) is 30.3 Å². The zero-order valence-corrected chi connectivity index (χ0v) is 16.8. The maximum Gasteiger partial charge on any atom is 0.140 e. The summed E-state index contributed by atoms with van der Waals surface area (Å²) in [6, 6.07) is 11.5. The van der Waals surface area contributed by atoms with Gasteiger partial charge in [0.25, 0.3) is 0 Å². The molecule has 0 spiro atoms. The zero-order valence-electron chi connectivity index (χ0n) is 16.8. The van der Waals surface area contributed by atoms with Crippen molar-refractivity contribution in [2.75, 3.05) is 32.7 Å². The van der Waals surface area contributed by atoms with Gasteiger partial charge in [-0.15, -0.1) is 0 Å².